The molecular formula is C8H12ClNO. The predicted octanol–water partition coefficient (Wildman–Crippen LogP) is 2.67. The van der Waals surface area contributed by atoms with E-state index in [1.807, 2.05) is 6.92 Å². The summed E-state index contributed by atoms with van der Waals surface area (Å²) in [5.41, 5.74) is 0.870. The summed E-state index contributed by atoms with van der Waals surface area (Å²) in [4.78, 5) is 4.22. The van der Waals surface area contributed by atoms with Crippen LogP contribution in [-0.2, 0) is 12.3 Å². The normalized spacial score (nSPS) is 10.5. The minimum atomic E-state index is 0.443. The zero-order chi connectivity index (χ0) is 8.27. The second kappa shape index (κ2) is 3.77. The largest absolute Gasteiger partial charge is 0.446 e. The summed E-state index contributed by atoms with van der Waals surface area (Å²) in [5.74, 6) is 2.10. The molecule has 1 heterocycles. The van der Waals surface area contributed by atoms with Gasteiger partial charge < -0.3 is 4.42 Å². The molecular weight excluding hydrogens is 162 g/mol. The second-order valence-corrected chi connectivity index (χ2v) is 2.76. The highest BCUT2D eigenvalue weighted by Crippen LogP contribution is 2.12. The summed E-state index contributed by atoms with van der Waals surface area (Å²) in [5, 5.41) is 0. The topological polar surface area (TPSA) is 26.0 Å². The molecule has 0 N–H and O–H groups in total. The van der Waals surface area contributed by atoms with Crippen LogP contribution in [0.1, 0.15) is 30.7 Å². The van der Waals surface area contributed by atoms with Gasteiger partial charge in [0.25, 0.3) is 0 Å². The number of aryl methyl sites for hydroxylation is 2. The van der Waals surface area contributed by atoms with Gasteiger partial charge in [0.05, 0.1) is 11.6 Å². The van der Waals surface area contributed by atoms with E-state index in [4.69, 9.17) is 16.0 Å². The van der Waals surface area contributed by atoms with Crippen LogP contribution in [0.3, 0.4) is 0 Å². The monoisotopic (exact) mass is 173 g/mol. The van der Waals surface area contributed by atoms with Gasteiger partial charge in [0.15, 0.2) is 5.89 Å². The third kappa shape index (κ3) is 1.96. The van der Waals surface area contributed by atoms with E-state index in [1.165, 1.54) is 0 Å². The SMILES string of the molecule is CCCc1nc(CCl)c(C)o1. The molecule has 0 spiro atoms. The van der Waals surface area contributed by atoms with E-state index in [0.29, 0.717) is 5.88 Å². The standard InChI is InChI=1S/C8H12ClNO/c1-3-4-8-10-7(5-9)6(2)11-8/h3-5H2,1-2H3. The van der Waals surface area contributed by atoms with E-state index in [0.717, 1.165) is 30.2 Å². The van der Waals surface area contributed by atoms with Crippen LogP contribution in [0.2, 0.25) is 0 Å². The fourth-order valence-corrected chi connectivity index (χ4v) is 1.18. The lowest BCUT2D eigenvalue weighted by atomic mass is 10.3. The van der Waals surface area contributed by atoms with Crippen molar-refractivity contribution in [2.45, 2.75) is 32.6 Å². The molecule has 0 aliphatic carbocycles. The number of hydrogen-bond acceptors (Lipinski definition) is 2. The molecule has 1 rings (SSSR count). The highest BCUT2D eigenvalue weighted by molar-refractivity contribution is 6.16. The van der Waals surface area contributed by atoms with E-state index in [9.17, 15) is 0 Å². The smallest absolute Gasteiger partial charge is 0.194 e. The third-order valence-electron chi connectivity index (χ3n) is 1.53. The Morgan fingerprint density at radius 1 is 1.55 bits per heavy atom. The van der Waals surface area contributed by atoms with Crippen molar-refractivity contribution < 1.29 is 4.42 Å². The Hall–Kier alpha value is -0.500. The number of alkyl halides is 1. The van der Waals surface area contributed by atoms with Crippen molar-refractivity contribution in [3.05, 3.63) is 17.3 Å². The predicted molar refractivity (Wildman–Crippen MR) is 44.8 cm³/mol. The van der Waals surface area contributed by atoms with Crippen molar-refractivity contribution in [3.8, 4) is 0 Å². The Bertz CT molecular complexity index is 232. The first kappa shape index (κ1) is 8.60. The summed E-state index contributed by atoms with van der Waals surface area (Å²) in [6.07, 6.45) is 1.96. The Balaban J connectivity index is 2.77. The molecule has 0 saturated heterocycles. The fourth-order valence-electron chi connectivity index (χ4n) is 0.932. The molecule has 2 nitrogen and oxygen atoms in total. The lowest BCUT2D eigenvalue weighted by Gasteiger charge is -1.85. The molecule has 62 valence electrons. The average Bonchev–Trinajstić information content (AvgIpc) is 2.32. The van der Waals surface area contributed by atoms with Crippen LogP contribution in [0.15, 0.2) is 4.42 Å². The maximum atomic E-state index is 5.62. The quantitative estimate of drug-likeness (QED) is 0.657. The van der Waals surface area contributed by atoms with Gasteiger partial charge in [-0.1, -0.05) is 6.92 Å². The van der Waals surface area contributed by atoms with Crippen LogP contribution < -0.4 is 0 Å². The average molecular weight is 174 g/mol. The van der Waals surface area contributed by atoms with E-state index < -0.39 is 0 Å². The van der Waals surface area contributed by atoms with Gasteiger partial charge in [-0.25, -0.2) is 4.98 Å². The Morgan fingerprint density at radius 3 is 2.73 bits per heavy atom. The van der Waals surface area contributed by atoms with Crippen molar-refractivity contribution >= 4 is 11.6 Å². The van der Waals surface area contributed by atoms with Crippen molar-refractivity contribution in [1.82, 2.24) is 4.98 Å². The minimum Gasteiger partial charge on any atom is -0.446 e. The van der Waals surface area contributed by atoms with Gasteiger partial charge in [-0.05, 0) is 13.3 Å². The molecule has 0 radical (unpaired) electrons. The summed E-state index contributed by atoms with van der Waals surface area (Å²) < 4.78 is 5.35. The van der Waals surface area contributed by atoms with Crippen molar-refractivity contribution in [1.29, 1.82) is 0 Å². The lowest BCUT2D eigenvalue weighted by molar-refractivity contribution is 0.468. The summed E-state index contributed by atoms with van der Waals surface area (Å²) in [6.45, 7) is 3.99. The number of oxazole rings is 1. The van der Waals surface area contributed by atoms with Gasteiger partial charge in [0, 0.05) is 6.42 Å². The molecule has 0 unspecified atom stereocenters. The van der Waals surface area contributed by atoms with Crippen molar-refractivity contribution in [2.75, 3.05) is 0 Å². The molecule has 0 aliphatic heterocycles. The minimum absolute atomic E-state index is 0.443. The van der Waals surface area contributed by atoms with Gasteiger partial charge in [-0.3, -0.25) is 0 Å². The molecule has 3 heteroatoms. The summed E-state index contributed by atoms with van der Waals surface area (Å²) in [6, 6.07) is 0. The number of hydrogen-bond donors (Lipinski definition) is 0. The van der Waals surface area contributed by atoms with Crippen LogP contribution in [0, 0.1) is 6.92 Å². The number of rotatable bonds is 3. The van der Waals surface area contributed by atoms with Crippen molar-refractivity contribution in [2.24, 2.45) is 0 Å². The van der Waals surface area contributed by atoms with Gasteiger partial charge in [0.1, 0.15) is 5.76 Å². The van der Waals surface area contributed by atoms with Crippen LogP contribution >= 0.6 is 11.6 Å². The van der Waals surface area contributed by atoms with Gasteiger partial charge in [-0.2, -0.15) is 0 Å². The van der Waals surface area contributed by atoms with Gasteiger partial charge in [0.2, 0.25) is 0 Å². The van der Waals surface area contributed by atoms with E-state index in [-0.39, 0.29) is 0 Å². The molecule has 0 fully saturated rings. The van der Waals surface area contributed by atoms with Crippen LogP contribution in [0.5, 0.6) is 0 Å². The maximum Gasteiger partial charge on any atom is 0.194 e. The van der Waals surface area contributed by atoms with Gasteiger partial charge in [-0.15, -0.1) is 11.6 Å². The first-order valence-electron chi connectivity index (χ1n) is 3.79. The highest BCUT2D eigenvalue weighted by Gasteiger charge is 2.06. The first-order valence-corrected chi connectivity index (χ1v) is 4.32. The van der Waals surface area contributed by atoms with Crippen LogP contribution in [0.4, 0.5) is 0 Å². The number of nitrogens with zero attached hydrogens (tertiary/aromatic N) is 1. The Kier molecular flexibility index (Phi) is 2.94. The maximum absolute atomic E-state index is 5.62. The number of aromatic nitrogens is 1. The molecule has 0 atom stereocenters. The molecule has 0 bridgehead atoms. The van der Waals surface area contributed by atoms with E-state index in [2.05, 4.69) is 11.9 Å². The fraction of sp³-hybridized carbons (Fsp3) is 0.625. The Labute approximate surface area is 71.6 Å². The van der Waals surface area contributed by atoms with E-state index >= 15 is 0 Å². The summed E-state index contributed by atoms with van der Waals surface area (Å²) in [7, 11) is 0. The zero-order valence-corrected chi connectivity index (χ0v) is 7.61. The molecule has 0 aliphatic rings. The van der Waals surface area contributed by atoms with E-state index in [1.54, 1.807) is 0 Å². The van der Waals surface area contributed by atoms with Crippen molar-refractivity contribution in [3.63, 3.8) is 0 Å². The molecule has 0 saturated carbocycles. The molecule has 11 heavy (non-hydrogen) atoms. The lowest BCUT2D eigenvalue weighted by Crippen LogP contribution is -1.83. The third-order valence-corrected chi connectivity index (χ3v) is 1.78. The second-order valence-electron chi connectivity index (χ2n) is 2.49. The molecule has 1 aromatic heterocycles. The number of halogens is 1. The Morgan fingerprint density at radius 2 is 2.27 bits per heavy atom. The molecule has 0 amide bonds. The molecule has 1 aromatic rings. The first-order chi connectivity index (χ1) is 5.27. The van der Waals surface area contributed by atoms with Crippen LogP contribution in [0.25, 0.3) is 0 Å². The zero-order valence-electron chi connectivity index (χ0n) is 6.85. The van der Waals surface area contributed by atoms with Gasteiger partial charge >= 0.3 is 0 Å². The molecule has 0 aromatic carbocycles. The van der Waals surface area contributed by atoms with Crippen LogP contribution in [-0.4, -0.2) is 4.98 Å². The highest BCUT2D eigenvalue weighted by atomic mass is 35.5. The summed E-state index contributed by atoms with van der Waals surface area (Å²) >= 11 is 5.62.